The smallest absolute Gasteiger partial charge is 0.356 e. The van der Waals surface area contributed by atoms with Crippen molar-refractivity contribution < 1.29 is 9.53 Å². The van der Waals surface area contributed by atoms with Crippen LogP contribution in [0.1, 0.15) is 23.0 Å². The monoisotopic (exact) mass is 259 g/mol. The van der Waals surface area contributed by atoms with Crippen LogP contribution in [0.3, 0.4) is 0 Å². The first-order valence-electron chi connectivity index (χ1n) is 6.20. The van der Waals surface area contributed by atoms with E-state index < -0.39 is 0 Å². The van der Waals surface area contributed by atoms with E-state index in [0.29, 0.717) is 12.3 Å². The lowest BCUT2D eigenvalue weighted by molar-refractivity contribution is 0.0517. The molecule has 0 spiro atoms. The Kier molecular flexibility index (Phi) is 4.30. The molecular weight excluding hydrogens is 242 g/mol. The molecule has 1 aromatic carbocycles. The predicted molar refractivity (Wildman–Crippen MR) is 72.3 cm³/mol. The highest BCUT2D eigenvalue weighted by atomic mass is 16.5. The number of hydrogen-bond acceptors (Lipinski definition) is 4. The van der Waals surface area contributed by atoms with Crippen LogP contribution in [0.25, 0.3) is 5.69 Å². The fraction of sp³-hybridized carbons (Fsp3) is 0.286. The Hall–Kier alpha value is -2.14. The highest BCUT2D eigenvalue weighted by Crippen LogP contribution is 2.17. The topological polar surface area (TPSA) is 56.1 Å². The van der Waals surface area contributed by atoms with E-state index in [2.05, 4.69) is 10.3 Å². The van der Waals surface area contributed by atoms with Gasteiger partial charge < -0.3 is 10.1 Å². The summed E-state index contributed by atoms with van der Waals surface area (Å²) in [5, 5.41) is 3.11. The second-order valence-corrected chi connectivity index (χ2v) is 4.03. The van der Waals surface area contributed by atoms with Crippen LogP contribution in [-0.4, -0.2) is 29.2 Å². The lowest BCUT2D eigenvalue weighted by Gasteiger charge is -2.12. The van der Waals surface area contributed by atoms with E-state index in [1.807, 2.05) is 31.3 Å². The number of para-hydroxylation sites is 1. The average Bonchev–Trinajstić information content (AvgIpc) is 2.89. The van der Waals surface area contributed by atoms with Gasteiger partial charge in [-0.05, 0) is 25.6 Å². The van der Waals surface area contributed by atoms with Crippen LogP contribution in [0.5, 0.6) is 0 Å². The highest BCUT2D eigenvalue weighted by molar-refractivity contribution is 5.88. The first kappa shape index (κ1) is 13.3. The maximum Gasteiger partial charge on any atom is 0.356 e. The summed E-state index contributed by atoms with van der Waals surface area (Å²) in [5.74, 6) is -0.362. The van der Waals surface area contributed by atoms with E-state index in [4.69, 9.17) is 4.74 Å². The van der Waals surface area contributed by atoms with Crippen molar-refractivity contribution in [1.29, 1.82) is 0 Å². The molecule has 0 aliphatic carbocycles. The summed E-state index contributed by atoms with van der Waals surface area (Å²) >= 11 is 0. The van der Waals surface area contributed by atoms with E-state index in [9.17, 15) is 4.79 Å². The zero-order valence-corrected chi connectivity index (χ0v) is 11.1. The lowest BCUT2D eigenvalue weighted by Crippen LogP contribution is -2.13. The van der Waals surface area contributed by atoms with Gasteiger partial charge in [-0.15, -0.1) is 0 Å². The Morgan fingerprint density at radius 2 is 2.21 bits per heavy atom. The van der Waals surface area contributed by atoms with Gasteiger partial charge in [0.15, 0.2) is 5.69 Å². The predicted octanol–water partition coefficient (Wildman–Crippen LogP) is 1.77. The number of carbonyl (C=O) groups is 1. The Morgan fingerprint density at radius 1 is 1.42 bits per heavy atom. The molecule has 0 bridgehead atoms. The molecule has 5 heteroatoms. The number of aromatic nitrogens is 2. The van der Waals surface area contributed by atoms with E-state index in [1.54, 1.807) is 17.8 Å². The molecule has 0 amide bonds. The van der Waals surface area contributed by atoms with Crippen molar-refractivity contribution in [2.24, 2.45) is 0 Å². The number of nitrogens with one attached hydrogen (secondary N) is 1. The summed E-state index contributed by atoms with van der Waals surface area (Å²) in [6.07, 6.45) is 3.15. The van der Waals surface area contributed by atoms with Gasteiger partial charge in [0.2, 0.25) is 0 Å². The Bertz CT molecular complexity index is 563. The summed E-state index contributed by atoms with van der Waals surface area (Å²) in [5.41, 5.74) is 2.45. The van der Waals surface area contributed by atoms with Crippen molar-refractivity contribution in [2.75, 3.05) is 13.7 Å². The van der Waals surface area contributed by atoms with Crippen LogP contribution in [0.4, 0.5) is 0 Å². The third-order valence-electron chi connectivity index (χ3n) is 2.74. The van der Waals surface area contributed by atoms with Gasteiger partial charge in [-0.1, -0.05) is 18.2 Å². The molecule has 5 nitrogen and oxygen atoms in total. The van der Waals surface area contributed by atoms with Crippen molar-refractivity contribution in [2.45, 2.75) is 13.5 Å². The molecule has 0 fully saturated rings. The molecule has 0 radical (unpaired) electrons. The van der Waals surface area contributed by atoms with Crippen molar-refractivity contribution in [3.05, 3.63) is 48.0 Å². The third-order valence-corrected chi connectivity index (χ3v) is 2.74. The van der Waals surface area contributed by atoms with E-state index >= 15 is 0 Å². The SMILES string of the molecule is CCOC(=O)c1cncn1-c1ccccc1CNC. The molecule has 2 aromatic rings. The number of esters is 1. The molecule has 1 aromatic heterocycles. The quantitative estimate of drug-likeness (QED) is 0.831. The fourth-order valence-corrected chi connectivity index (χ4v) is 1.93. The van der Waals surface area contributed by atoms with Gasteiger partial charge in [0, 0.05) is 6.54 Å². The summed E-state index contributed by atoms with van der Waals surface area (Å²) in [7, 11) is 1.89. The second kappa shape index (κ2) is 6.15. The minimum Gasteiger partial charge on any atom is -0.461 e. The zero-order chi connectivity index (χ0) is 13.7. The van der Waals surface area contributed by atoms with Crippen LogP contribution >= 0.6 is 0 Å². The molecule has 0 saturated heterocycles. The maximum atomic E-state index is 11.9. The summed E-state index contributed by atoms with van der Waals surface area (Å²) in [6.45, 7) is 2.85. The highest BCUT2D eigenvalue weighted by Gasteiger charge is 2.15. The minimum absolute atomic E-state index is 0.349. The number of nitrogens with zero attached hydrogens (tertiary/aromatic N) is 2. The number of carbonyl (C=O) groups excluding carboxylic acids is 1. The van der Waals surface area contributed by atoms with Crippen LogP contribution in [0.2, 0.25) is 0 Å². The van der Waals surface area contributed by atoms with Gasteiger partial charge in [-0.2, -0.15) is 0 Å². The first-order valence-corrected chi connectivity index (χ1v) is 6.20. The third kappa shape index (κ3) is 2.82. The summed E-state index contributed by atoms with van der Waals surface area (Å²) < 4.78 is 6.79. The minimum atomic E-state index is -0.362. The van der Waals surface area contributed by atoms with Crippen molar-refractivity contribution >= 4 is 5.97 Å². The molecule has 0 saturated carbocycles. The molecule has 0 aliphatic rings. The van der Waals surface area contributed by atoms with Crippen LogP contribution in [0.15, 0.2) is 36.8 Å². The van der Waals surface area contributed by atoms with Crippen LogP contribution < -0.4 is 5.32 Å². The van der Waals surface area contributed by atoms with Gasteiger partial charge in [0.05, 0.1) is 24.8 Å². The lowest BCUT2D eigenvalue weighted by atomic mass is 10.1. The Labute approximate surface area is 112 Å². The normalized spacial score (nSPS) is 10.4. The molecule has 100 valence electrons. The zero-order valence-electron chi connectivity index (χ0n) is 11.1. The van der Waals surface area contributed by atoms with Gasteiger partial charge >= 0.3 is 5.97 Å². The molecule has 0 atom stereocenters. The average molecular weight is 259 g/mol. The number of benzene rings is 1. The Balaban J connectivity index is 2.42. The fourth-order valence-electron chi connectivity index (χ4n) is 1.93. The number of hydrogen-bond donors (Lipinski definition) is 1. The molecule has 0 aliphatic heterocycles. The summed E-state index contributed by atoms with van der Waals surface area (Å²) in [4.78, 5) is 15.9. The molecule has 19 heavy (non-hydrogen) atoms. The molecular formula is C14H17N3O2. The van der Waals surface area contributed by atoms with E-state index in [0.717, 1.165) is 17.8 Å². The van der Waals surface area contributed by atoms with Gasteiger partial charge in [-0.3, -0.25) is 4.57 Å². The van der Waals surface area contributed by atoms with Crippen molar-refractivity contribution in [3.8, 4) is 5.69 Å². The van der Waals surface area contributed by atoms with E-state index in [1.165, 1.54) is 6.20 Å². The number of ether oxygens (including phenoxy) is 1. The van der Waals surface area contributed by atoms with Crippen molar-refractivity contribution in [3.63, 3.8) is 0 Å². The summed E-state index contributed by atoms with van der Waals surface area (Å²) in [6, 6.07) is 7.87. The molecule has 2 rings (SSSR count). The second-order valence-electron chi connectivity index (χ2n) is 4.03. The number of rotatable bonds is 5. The van der Waals surface area contributed by atoms with E-state index in [-0.39, 0.29) is 5.97 Å². The Morgan fingerprint density at radius 3 is 2.95 bits per heavy atom. The van der Waals surface area contributed by atoms with Gasteiger partial charge in [0.1, 0.15) is 0 Å². The molecule has 1 heterocycles. The molecule has 0 unspecified atom stereocenters. The standard InChI is InChI=1S/C14H17N3O2/c1-3-19-14(18)13-9-16-10-17(13)12-7-5-4-6-11(12)8-15-2/h4-7,9-10,15H,3,8H2,1-2H3. The van der Waals surface area contributed by atoms with Gasteiger partial charge in [0.25, 0.3) is 0 Å². The number of imidazole rings is 1. The largest absolute Gasteiger partial charge is 0.461 e. The van der Waals surface area contributed by atoms with Gasteiger partial charge in [-0.25, -0.2) is 9.78 Å². The first-order chi connectivity index (χ1) is 9.27. The maximum absolute atomic E-state index is 11.9. The van der Waals surface area contributed by atoms with Crippen LogP contribution in [0, 0.1) is 0 Å². The van der Waals surface area contributed by atoms with Crippen molar-refractivity contribution in [1.82, 2.24) is 14.9 Å². The van der Waals surface area contributed by atoms with Crippen LogP contribution in [-0.2, 0) is 11.3 Å². The molecule has 1 N–H and O–H groups in total.